The van der Waals surface area contributed by atoms with Crippen LogP contribution < -0.4 is 5.32 Å². The molecule has 3 N–H and O–H groups in total. The molecule has 3 aliphatic rings. The third-order valence-electron chi connectivity index (χ3n) is 9.55. The molecule has 0 radical (unpaired) electrons. The number of fused-ring (bicyclic) bond motifs is 1. The van der Waals surface area contributed by atoms with E-state index in [1.54, 1.807) is 50.3 Å². The number of nitrogens with zero attached hydrogens (tertiary/aromatic N) is 3. The molecule has 5 rings (SSSR count). The van der Waals surface area contributed by atoms with E-state index in [1.807, 2.05) is 18.5 Å². The summed E-state index contributed by atoms with van der Waals surface area (Å²) < 4.78 is 45.1. The number of nitrogens with one attached hydrogen (secondary N) is 1. The van der Waals surface area contributed by atoms with Crippen LogP contribution in [0.5, 0.6) is 0 Å². The Morgan fingerprint density at radius 2 is 1.87 bits per heavy atom. The Balaban J connectivity index is 1.33. The summed E-state index contributed by atoms with van der Waals surface area (Å²) >= 11 is 0. The first-order valence-corrected chi connectivity index (χ1v) is 16.7. The smallest absolute Gasteiger partial charge is 0.307 e. The van der Waals surface area contributed by atoms with Gasteiger partial charge in [0, 0.05) is 26.2 Å². The minimum atomic E-state index is -3.87. The Bertz CT molecular complexity index is 1760. The van der Waals surface area contributed by atoms with Crippen LogP contribution in [0, 0.1) is 24.7 Å². The highest BCUT2D eigenvalue weighted by atomic mass is 32.2. The molecule has 10 nitrogen and oxygen atoms in total. The number of rotatable bonds is 8. The molecule has 0 saturated heterocycles. The summed E-state index contributed by atoms with van der Waals surface area (Å²) in [5.41, 5.74) is 2.25. The summed E-state index contributed by atoms with van der Waals surface area (Å²) in [6, 6.07) is 4.88. The number of aliphatic carboxylic acids is 1. The molecule has 0 spiro atoms. The summed E-state index contributed by atoms with van der Waals surface area (Å²) in [5.74, 6) is -3.11. The highest BCUT2D eigenvalue weighted by Crippen LogP contribution is 2.43. The maximum absolute atomic E-state index is 14.9. The number of benzene rings is 1. The maximum Gasteiger partial charge on any atom is 0.307 e. The fourth-order valence-electron chi connectivity index (χ4n) is 6.71. The summed E-state index contributed by atoms with van der Waals surface area (Å²) in [5, 5.41) is 23.1. The number of carboxylic acid groups (broad SMARTS) is 1. The van der Waals surface area contributed by atoms with Crippen LogP contribution in [0.3, 0.4) is 0 Å². The number of allylic oxidation sites excluding steroid dienone is 7. The van der Waals surface area contributed by atoms with E-state index in [4.69, 9.17) is 0 Å². The molecule has 45 heavy (non-hydrogen) atoms. The fourth-order valence-corrected chi connectivity index (χ4v) is 7.99. The molecule has 1 saturated carbocycles. The van der Waals surface area contributed by atoms with Crippen molar-refractivity contribution in [2.75, 3.05) is 7.05 Å². The number of aryl methyl sites for hydroxylation is 2. The van der Waals surface area contributed by atoms with Gasteiger partial charge in [0.25, 0.3) is 10.0 Å². The zero-order valence-corrected chi connectivity index (χ0v) is 27.1. The van der Waals surface area contributed by atoms with Crippen molar-refractivity contribution in [2.24, 2.45) is 24.8 Å². The number of imidazole rings is 1. The first-order chi connectivity index (χ1) is 21.1. The first kappa shape index (κ1) is 32.6. The van der Waals surface area contributed by atoms with Gasteiger partial charge in [0.05, 0.1) is 39.1 Å². The number of sulfonamides is 1. The number of hydrogen-bond donors (Lipinski definition) is 3. The number of aromatic nitrogens is 2. The fraction of sp³-hybridized carbons (Fsp3) is 0.485. The van der Waals surface area contributed by atoms with E-state index in [-0.39, 0.29) is 17.0 Å². The van der Waals surface area contributed by atoms with E-state index in [9.17, 15) is 32.6 Å². The van der Waals surface area contributed by atoms with Crippen molar-refractivity contribution in [3.63, 3.8) is 0 Å². The van der Waals surface area contributed by atoms with Gasteiger partial charge in [-0.15, -0.1) is 0 Å². The molecule has 0 aliphatic heterocycles. The molecule has 1 aromatic carbocycles. The molecule has 1 fully saturated rings. The quantitative estimate of drug-likeness (QED) is 0.381. The van der Waals surface area contributed by atoms with Crippen LogP contribution in [-0.2, 0) is 26.7 Å². The average Bonchev–Trinajstić information content (AvgIpc) is 3.28. The van der Waals surface area contributed by atoms with Gasteiger partial charge >= 0.3 is 5.97 Å². The zero-order valence-electron chi connectivity index (χ0n) is 26.2. The zero-order chi connectivity index (χ0) is 32.8. The normalized spacial score (nSPS) is 24.3. The molecule has 2 aromatic rings. The topological polar surface area (TPSA) is 142 Å². The molecular formula is C33H41FN4O6S. The van der Waals surface area contributed by atoms with Crippen LogP contribution in [0.2, 0.25) is 0 Å². The number of amides is 1. The monoisotopic (exact) mass is 640 g/mol. The number of halogens is 1. The lowest BCUT2D eigenvalue weighted by Gasteiger charge is -2.37. The molecule has 0 bridgehead atoms. The third kappa shape index (κ3) is 6.35. The standard InChI is InChI=1S/C33H41FN4O6S/c1-19-35-28-18-23(14-16-29(28)37(19)4)45(43,44)38(5)22-12-9-20(10-13-22)24-7-6-8-25(30(24)32(40)41)31(39)36-27-15-11-21(17-26(27)34)33(2,3)42/h9,11-12,14-16,18,24-26,30,42H,6-8,10,13,17H2,1-5H3,(H,36,39)(H,40,41)/t24-,25-,26?,30-/m1/s1. The second kappa shape index (κ2) is 12.2. The number of alkyl halides is 1. The van der Waals surface area contributed by atoms with Crippen LogP contribution >= 0.6 is 0 Å². The van der Waals surface area contributed by atoms with Crippen molar-refractivity contribution in [1.82, 2.24) is 19.2 Å². The van der Waals surface area contributed by atoms with Crippen LogP contribution in [-0.4, -0.2) is 63.2 Å². The van der Waals surface area contributed by atoms with Gasteiger partial charge in [-0.3, -0.25) is 13.9 Å². The first-order valence-electron chi connectivity index (χ1n) is 15.2. The second-order valence-electron chi connectivity index (χ2n) is 12.8. The molecule has 4 atom stereocenters. The minimum Gasteiger partial charge on any atom is -0.481 e. The highest BCUT2D eigenvalue weighted by molar-refractivity contribution is 7.89. The summed E-state index contributed by atoms with van der Waals surface area (Å²) in [4.78, 5) is 30.5. The van der Waals surface area contributed by atoms with Crippen LogP contribution in [0.15, 0.2) is 69.9 Å². The highest BCUT2D eigenvalue weighted by Gasteiger charge is 2.44. The lowest BCUT2D eigenvalue weighted by Crippen LogP contribution is -2.45. The van der Waals surface area contributed by atoms with Crippen molar-refractivity contribution in [1.29, 1.82) is 0 Å². The average molecular weight is 641 g/mol. The van der Waals surface area contributed by atoms with Gasteiger partial charge < -0.3 is 20.1 Å². The van der Waals surface area contributed by atoms with Crippen molar-refractivity contribution in [2.45, 2.75) is 76.0 Å². The predicted octanol–water partition coefficient (Wildman–Crippen LogP) is 4.66. The Morgan fingerprint density at radius 1 is 1.13 bits per heavy atom. The van der Waals surface area contributed by atoms with E-state index in [2.05, 4.69) is 10.3 Å². The van der Waals surface area contributed by atoms with Gasteiger partial charge in [-0.1, -0.05) is 24.1 Å². The van der Waals surface area contributed by atoms with Gasteiger partial charge in [0.15, 0.2) is 0 Å². The lowest BCUT2D eigenvalue weighted by molar-refractivity contribution is -0.150. The maximum atomic E-state index is 14.9. The van der Waals surface area contributed by atoms with Gasteiger partial charge in [-0.05, 0) is 88.3 Å². The molecule has 242 valence electrons. The molecule has 12 heteroatoms. The largest absolute Gasteiger partial charge is 0.481 e. The lowest BCUT2D eigenvalue weighted by atomic mass is 9.67. The van der Waals surface area contributed by atoms with Crippen molar-refractivity contribution in [3.8, 4) is 0 Å². The van der Waals surface area contributed by atoms with Gasteiger partial charge in [0.2, 0.25) is 5.91 Å². The number of hydrogen-bond acceptors (Lipinski definition) is 6. The Hall–Kier alpha value is -3.77. The van der Waals surface area contributed by atoms with E-state index in [0.29, 0.717) is 48.9 Å². The minimum absolute atomic E-state index is 0.0605. The van der Waals surface area contributed by atoms with Crippen molar-refractivity contribution >= 4 is 32.9 Å². The molecule has 1 amide bonds. The van der Waals surface area contributed by atoms with E-state index >= 15 is 0 Å². The van der Waals surface area contributed by atoms with Gasteiger partial charge in [0.1, 0.15) is 12.0 Å². The summed E-state index contributed by atoms with van der Waals surface area (Å²) in [6.07, 6.45) is 7.38. The molecular weight excluding hydrogens is 599 g/mol. The van der Waals surface area contributed by atoms with E-state index in [1.165, 1.54) is 17.4 Å². The molecule has 1 unspecified atom stereocenters. The van der Waals surface area contributed by atoms with Crippen LogP contribution in [0.25, 0.3) is 11.0 Å². The van der Waals surface area contributed by atoms with Gasteiger partial charge in [-0.2, -0.15) is 0 Å². The third-order valence-corrected chi connectivity index (χ3v) is 11.4. The number of carbonyl (C=O) groups is 2. The summed E-state index contributed by atoms with van der Waals surface area (Å²) in [7, 11) is -0.486. The van der Waals surface area contributed by atoms with E-state index in [0.717, 1.165) is 16.9 Å². The number of carboxylic acids is 1. The second-order valence-corrected chi connectivity index (χ2v) is 14.8. The van der Waals surface area contributed by atoms with Crippen LogP contribution in [0.4, 0.5) is 4.39 Å². The predicted molar refractivity (Wildman–Crippen MR) is 168 cm³/mol. The Kier molecular flexibility index (Phi) is 8.85. The summed E-state index contributed by atoms with van der Waals surface area (Å²) in [6.45, 7) is 4.99. The number of aliphatic hydroxyl groups is 1. The molecule has 3 aliphatic carbocycles. The van der Waals surface area contributed by atoms with Crippen molar-refractivity contribution < 1.29 is 32.6 Å². The SMILES string of the molecule is Cc1nc2cc(S(=O)(=O)N(C)C3=CC=C([C@H]4CCC[C@@H](C(=O)NC5=CC=C(C(C)(C)O)CC5F)[C@@H]4C(=O)O)CC3)ccc2n1C. The Labute approximate surface area is 263 Å². The number of carbonyl (C=O) groups excluding carboxylic acids is 1. The molecule has 1 aromatic heterocycles. The molecule has 1 heterocycles. The van der Waals surface area contributed by atoms with E-state index < -0.39 is 51.4 Å². The van der Waals surface area contributed by atoms with Gasteiger partial charge in [-0.25, -0.2) is 17.8 Å². The Morgan fingerprint density at radius 3 is 2.49 bits per heavy atom. The van der Waals surface area contributed by atoms with Crippen LogP contribution in [0.1, 0.15) is 58.2 Å². The van der Waals surface area contributed by atoms with Crippen molar-refractivity contribution in [3.05, 3.63) is 70.9 Å².